The number of piperidine rings is 1. The molecule has 7 aliphatic rings. The number of aromatic nitrogens is 10. The second-order valence-electron chi connectivity index (χ2n) is 37.5. The van der Waals surface area contributed by atoms with Gasteiger partial charge >= 0.3 is 12.1 Å². The highest BCUT2D eigenvalue weighted by Crippen LogP contribution is 2.40. The first-order chi connectivity index (χ1) is 66.2. The van der Waals surface area contributed by atoms with E-state index in [2.05, 4.69) is 64.4 Å². The first-order valence-corrected chi connectivity index (χ1v) is 48.4. The lowest BCUT2D eigenvalue weighted by Crippen LogP contribution is -2.61. The first kappa shape index (κ1) is 102. The summed E-state index contributed by atoms with van der Waals surface area (Å²) in [5.41, 5.74) is 9.86. The van der Waals surface area contributed by atoms with Gasteiger partial charge in [-0.1, -0.05) is 89.3 Å². The minimum Gasteiger partial charge on any atom is -0.460 e. The molecule has 15 atom stereocenters. The molecule has 2 bridgehead atoms. The van der Waals surface area contributed by atoms with E-state index in [-0.39, 0.29) is 87.1 Å². The molecule has 12 heterocycles. The van der Waals surface area contributed by atoms with Gasteiger partial charge in [0.05, 0.1) is 107 Å². The average Bonchev–Trinajstić information content (AvgIpc) is 1.55. The molecule has 36 nitrogen and oxygen atoms in total. The molecule has 738 valence electrons. The Balaban J connectivity index is 0.478. The summed E-state index contributed by atoms with van der Waals surface area (Å²) in [5.74, 6) is -7.93. The lowest BCUT2D eigenvalue weighted by molar-refractivity contribution is -0.265. The number of ether oxygens (including phenoxy) is 10. The highest BCUT2D eigenvalue weighted by molar-refractivity contribution is 6.39. The fourth-order valence-electron chi connectivity index (χ4n) is 19.6. The number of cyclic esters (lactones) is 1. The molecule has 3 saturated heterocycles. The normalized spacial score (nSPS) is 27.0. The molecule has 36 heteroatoms. The van der Waals surface area contributed by atoms with Crippen molar-refractivity contribution >= 4 is 81.1 Å². The van der Waals surface area contributed by atoms with E-state index in [1.54, 1.807) is 65.3 Å². The number of amides is 4. The smallest absolute Gasteiger partial charge is 0.410 e. The number of methoxy groups -OCH3 is 3. The third-order valence-electron chi connectivity index (χ3n) is 27.8. The summed E-state index contributed by atoms with van der Waals surface area (Å²) < 4.78 is 61.3. The number of allylic oxidation sites excluding steroid dienone is 6. The monoisotopic (exact) mass is 1890 g/mol. The summed E-state index contributed by atoms with van der Waals surface area (Å²) in [6, 6.07) is 9.24. The number of hydrogen-bond donors (Lipinski definition) is 4. The van der Waals surface area contributed by atoms with Crippen LogP contribution in [0, 0.1) is 35.5 Å². The predicted octanol–water partition coefficient (Wildman–Crippen LogP) is 9.79. The lowest BCUT2D eigenvalue weighted by atomic mass is 9.78. The Morgan fingerprint density at radius 1 is 0.693 bits per heavy atom. The van der Waals surface area contributed by atoms with Gasteiger partial charge in [0.2, 0.25) is 23.6 Å². The largest absolute Gasteiger partial charge is 0.460 e. The van der Waals surface area contributed by atoms with E-state index in [1.165, 1.54) is 36.3 Å². The van der Waals surface area contributed by atoms with E-state index in [0.717, 1.165) is 67.7 Å². The molecule has 6 aliphatic heterocycles. The minimum absolute atomic E-state index is 0.0242. The molecule has 1 saturated carbocycles. The van der Waals surface area contributed by atoms with Gasteiger partial charge in [-0.25, -0.2) is 49.2 Å². The highest BCUT2D eigenvalue weighted by atomic mass is 16.6. The van der Waals surface area contributed by atoms with E-state index in [1.807, 2.05) is 84.1 Å². The van der Waals surface area contributed by atoms with E-state index in [9.17, 15) is 48.6 Å². The van der Waals surface area contributed by atoms with Gasteiger partial charge in [0.1, 0.15) is 53.9 Å². The SMILES string of the molecule is CO[C@H]1C[C@@H]2CC[C@@H](C)[C@@](O)(O2)C(=O)C(=O)N2CCCC[C@H]2C(=O)O[C@H]([C@H](C)C[C@@H]2CC[C@@H](OC(=O)N3CCc4nc(N5CCN(c6ncc(C(=O)NCCOCCOCCOCCOCCC(=O)N7CCc8cc(Cn9nc(-c%10cnc%11[nH]ccc%11c%10)c%10cncnc%109)ccc8C7)cn6)CC5)ncc4C3)[C@H](OC)C2)CC(=O)[C@H](C)/C=C(\C)[C@@H](O)[C@@H](OC)C(=O)[C@H](C)C[C@H](C)/C=C/C=C/C=C/1C. The highest BCUT2D eigenvalue weighted by Gasteiger charge is 2.54. The number of rotatable bonds is 28. The molecular formula is C101H134N16O20. The summed E-state index contributed by atoms with van der Waals surface area (Å²) in [6.07, 6.45) is 22.7. The Morgan fingerprint density at radius 2 is 1.42 bits per heavy atom. The first-order valence-electron chi connectivity index (χ1n) is 48.4. The number of piperazine rings is 1. The number of nitrogens with zero attached hydrogens (tertiary/aromatic N) is 14. The zero-order valence-electron chi connectivity index (χ0n) is 80.5. The van der Waals surface area contributed by atoms with Crippen molar-refractivity contribution in [2.75, 3.05) is 136 Å². The van der Waals surface area contributed by atoms with Crippen LogP contribution in [0.3, 0.4) is 0 Å². The number of nitrogens with one attached hydrogen (secondary N) is 2. The quantitative estimate of drug-likeness (QED) is 0.0153. The number of hydrogen-bond acceptors (Lipinski definition) is 30. The molecule has 137 heavy (non-hydrogen) atoms. The number of H-pyrrole nitrogens is 1. The molecule has 0 spiro atoms. The van der Waals surface area contributed by atoms with E-state index < -0.39 is 102 Å². The number of aliphatic hydroxyl groups is 2. The molecule has 14 rings (SSSR count). The molecule has 4 amide bonds. The van der Waals surface area contributed by atoms with E-state index in [0.29, 0.717) is 186 Å². The molecule has 4 N–H and O–H groups in total. The Kier molecular flexibility index (Phi) is 36.0. The number of fused-ring (bicyclic) bond motifs is 7. The van der Waals surface area contributed by atoms with Crippen LogP contribution in [0.15, 0.2) is 121 Å². The van der Waals surface area contributed by atoms with Gasteiger partial charge in [0, 0.05) is 171 Å². The van der Waals surface area contributed by atoms with Crippen LogP contribution in [0.1, 0.15) is 170 Å². The predicted molar refractivity (Wildman–Crippen MR) is 507 cm³/mol. The maximum Gasteiger partial charge on any atom is 0.410 e. The van der Waals surface area contributed by atoms with Gasteiger partial charge in [0.15, 0.2) is 11.4 Å². The lowest BCUT2D eigenvalue weighted by Gasteiger charge is -2.42. The van der Waals surface area contributed by atoms with Gasteiger partial charge in [-0.3, -0.25) is 28.8 Å². The van der Waals surface area contributed by atoms with Gasteiger partial charge in [-0.15, -0.1) is 0 Å². The summed E-state index contributed by atoms with van der Waals surface area (Å²) >= 11 is 0. The third kappa shape index (κ3) is 26.1. The van der Waals surface area contributed by atoms with Gasteiger partial charge in [0.25, 0.3) is 17.6 Å². The van der Waals surface area contributed by atoms with Crippen molar-refractivity contribution in [2.45, 2.75) is 219 Å². The zero-order valence-corrected chi connectivity index (χ0v) is 80.5. The summed E-state index contributed by atoms with van der Waals surface area (Å²) in [7, 11) is 4.52. The summed E-state index contributed by atoms with van der Waals surface area (Å²) in [5, 5.41) is 33.6. The minimum atomic E-state index is -2.49. The van der Waals surface area contributed by atoms with Crippen molar-refractivity contribution in [1.82, 2.24) is 69.7 Å². The van der Waals surface area contributed by atoms with Gasteiger partial charge in [-0.2, -0.15) is 5.10 Å². The number of aliphatic hydroxyl groups excluding tert-OH is 1. The second kappa shape index (κ2) is 48.5. The number of esters is 1. The topological polar surface area (TPSA) is 421 Å². The van der Waals surface area contributed by atoms with Crippen molar-refractivity contribution in [3.05, 3.63) is 155 Å². The second-order valence-corrected chi connectivity index (χ2v) is 37.5. The summed E-state index contributed by atoms with van der Waals surface area (Å²) in [4.78, 5) is 157. The van der Waals surface area contributed by atoms with Crippen LogP contribution in [-0.2, 0) is 109 Å². The van der Waals surface area contributed by atoms with E-state index in [4.69, 9.17) is 62.4 Å². The van der Waals surface area contributed by atoms with Crippen LogP contribution in [0.5, 0.6) is 0 Å². The standard InChI is InChI=1S/C101H134N16O20/c1-63-16-12-11-13-17-64(2)84(128-8)52-78-23-19-69(7)101(127,137-78)92(122)96(124)116-31-15-14-18-81(116)97(125)135-85(53-82(118)65(3)47-68(6)90(121)91(130-10)89(120)67(5)46-63)66(4)48-70-21-24-83(86(50-70)129-9)136-100(126)115-33-27-80-77(61-115)57-108-99(110-80)113-36-34-112(35-37-113)98-106-55-76(56-107-98)95(123)104-30-39-132-41-43-134-45-44-133-42-40-131-38-28-87(119)114-32-26-72-49-71(20-22-74(72)60-114)59-117-94-79(58-102-62-109-94)88(111-117)75-51-73-25-29-103-93(73)105-54-75/h11-13,16-17,20,22,25,29,47,49,51,54-58,62-63,65-67,69-70,78,81,83-86,90-91,121,127H,14-15,18-19,21,23-24,26-28,30-46,48,50,52-53,59-61H2,1-10H3,(H,103,105)(H,104,123)/b13-11+,16-12+,64-17+,68-47+/t63-,65-,66-,67-,69-,70+,78+,81+,83-,84+,85+,86-,90-,91+,101-/m1/s1. The van der Waals surface area contributed by atoms with Gasteiger partial charge in [-0.05, 0) is 142 Å². The molecule has 4 fully saturated rings. The van der Waals surface area contributed by atoms with Crippen molar-refractivity contribution in [2.24, 2.45) is 35.5 Å². The molecule has 0 radical (unpaired) electrons. The molecule has 6 aromatic heterocycles. The van der Waals surface area contributed by atoms with Crippen LogP contribution in [0.4, 0.5) is 16.7 Å². The van der Waals surface area contributed by atoms with Crippen molar-refractivity contribution < 1.29 is 95.9 Å². The molecule has 7 aromatic rings. The fourth-order valence-corrected chi connectivity index (χ4v) is 19.6. The van der Waals surface area contributed by atoms with E-state index >= 15 is 0 Å². The fraction of sp³-hybridized carbons (Fsp3) is 0.584. The third-order valence-corrected chi connectivity index (χ3v) is 27.8. The molecule has 1 aromatic carbocycles. The Labute approximate surface area is 799 Å². The Bertz CT molecular complexity index is 5440. The van der Waals surface area contributed by atoms with Crippen LogP contribution >= 0.6 is 0 Å². The number of benzene rings is 1. The number of carbonyl (C=O) groups excluding carboxylic acids is 8. The zero-order chi connectivity index (χ0) is 96.8. The number of Topliss-reactive ketones (excluding diaryl/α,β-unsaturated/α-hetero) is 3. The van der Waals surface area contributed by atoms with Crippen LogP contribution < -0.4 is 15.1 Å². The molecule has 0 unspecified atom stereocenters. The number of pyridine rings is 1. The summed E-state index contributed by atoms with van der Waals surface area (Å²) in [6.45, 7) is 20.3. The number of anilines is 2. The number of aromatic amines is 1. The maximum atomic E-state index is 14.9. The van der Waals surface area contributed by atoms with Crippen molar-refractivity contribution in [3.8, 4) is 11.3 Å². The van der Waals surface area contributed by atoms with Crippen LogP contribution in [0.2, 0.25) is 0 Å². The number of carbonyl (C=O) groups is 8. The Morgan fingerprint density at radius 3 is 2.18 bits per heavy atom. The van der Waals surface area contributed by atoms with Gasteiger partial charge < -0.3 is 92.4 Å². The van der Waals surface area contributed by atoms with Crippen molar-refractivity contribution in [1.29, 1.82) is 0 Å². The van der Waals surface area contributed by atoms with Crippen LogP contribution in [0.25, 0.3) is 33.3 Å². The van der Waals surface area contributed by atoms with Crippen molar-refractivity contribution in [3.63, 3.8) is 0 Å². The Hall–Kier alpha value is -11.1. The maximum absolute atomic E-state index is 14.9. The molecule has 1 aliphatic carbocycles. The van der Waals surface area contributed by atoms with Crippen LogP contribution in [-0.4, -0.2) is 303 Å². The molecular weight excluding hydrogens is 1760 g/mol. The number of ketones is 3. The average molecular weight is 1890 g/mol.